The van der Waals surface area contributed by atoms with Gasteiger partial charge in [0.2, 0.25) is 15.9 Å². The Morgan fingerprint density at radius 2 is 2.00 bits per heavy atom. The van der Waals surface area contributed by atoms with Gasteiger partial charge in [-0.2, -0.15) is 4.31 Å². The van der Waals surface area contributed by atoms with Crippen LogP contribution in [-0.4, -0.2) is 59.3 Å². The van der Waals surface area contributed by atoms with Gasteiger partial charge in [-0.25, -0.2) is 8.42 Å². The van der Waals surface area contributed by atoms with Crippen LogP contribution in [0.4, 0.5) is 0 Å². The summed E-state index contributed by atoms with van der Waals surface area (Å²) in [7, 11) is -1.85. The zero-order valence-electron chi connectivity index (χ0n) is 21.8. The molecule has 1 aromatic rings. The fourth-order valence-electron chi connectivity index (χ4n) is 5.96. The summed E-state index contributed by atoms with van der Waals surface area (Å²) in [6.07, 6.45) is 5.47. The standard InChI is InChI=1S/C26H43N3O4S/c1-7-8-14-29(18-24(31)28(16-20(2)3)17-22-10-9-13-27(22)6)34(32,33)19-26-12-11-21(15-23(26)30)25(26,4)5/h9-10,13,20-21H,7-8,11-12,14-19H2,1-6H3. The van der Waals surface area contributed by atoms with Crippen molar-refractivity contribution in [2.45, 2.75) is 73.3 Å². The number of sulfonamides is 1. The lowest BCUT2D eigenvalue weighted by atomic mass is 9.70. The number of unbranched alkanes of at least 4 members (excludes halogenated alkanes) is 1. The molecule has 0 radical (unpaired) electrons. The summed E-state index contributed by atoms with van der Waals surface area (Å²) in [5.41, 5.74) is -0.149. The SMILES string of the molecule is CCCCN(CC(=O)N(Cc1cccn1C)CC(C)C)S(=O)(=O)CC12CCC(CC1=O)C2(C)C. The highest BCUT2D eigenvalue weighted by Gasteiger charge is 2.65. The molecule has 0 aliphatic heterocycles. The summed E-state index contributed by atoms with van der Waals surface area (Å²) in [6.45, 7) is 11.4. The van der Waals surface area contributed by atoms with Gasteiger partial charge in [0, 0.05) is 43.9 Å². The summed E-state index contributed by atoms with van der Waals surface area (Å²) < 4.78 is 30.9. The van der Waals surface area contributed by atoms with E-state index in [0.29, 0.717) is 38.9 Å². The number of ketones is 1. The number of aryl methyl sites for hydroxylation is 1. The first-order valence-electron chi connectivity index (χ1n) is 12.7. The Labute approximate surface area is 205 Å². The van der Waals surface area contributed by atoms with Crippen LogP contribution in [0, 0.1) is 22.7 Å². The number of nitrogens with zero attached hydrogens (tertiary/aromatic N) is 3. The van der Waals surface area contributed by atoms with E-state index in [4.69, 9.17) is 0 Å². The van der Waals surface area contributed by atoms with Crippen LogP contribution in [-0.2, 0) is 33.2 Å². The van der Waals surface area contributed by atoms with E-state index in [9.17, 15) is 18.0 Å². The number of aromatic nitrogens is 1. The van der Waals surface area contributed by atoms with Crippen molar-refractivity contribution in [2.24, 2.45) is 29.7 Å². The molecule has 34 heavy (non-hydrogen) atoms. The molecule has 2 aliphatic rings. The molecule has 0 saturated heterocycles. The van der Waals surface area contributed by atoms with Crippen molar-refractivity contribution in [3.05, 3.63) is 24.0 Å². The minimum atomic E-state index is -3.79. The first kappa shape index (κ1) is 26.9. The van der Waals surface area contributed by atoms with E-state index >= 15 is 0 Å². The van der Waals surface area contributed by atoms with E-state index in [1.165, 1.54) is 4.31 Å². The molecule has 0 N–H and O–H groups in total. The molecular weight excluding hydrogens is 450 g/mol. The van der Waals surface area contributed by atoms with Gasteiger partial charge in [-0.15, -0.1) is 0 Å². The van der Waals surface area contributed by atoms with Crippen molar-refractivity contribution in [3.63, 3.8) is 0 Å². The van der Waals surface area contributed by atoms with Crippen molar-refractivity contribution in [3.8, 4) is 0 Å². The molecule has 3 rings (SSSR count). The van der Waals surface area contributed by atoms with E-state index in [1.54, 1.807) is 4.90 Å². The van der Waals surface area contributed by atoms with Crippen molar-refractivity contribution < 1.29 is 18.0 Å². The Hall–Kier alpha value is -1.67. The number of hydrogen-bond donors (Lipinski definition) is 0. The van der Waals surface area contributed by atoms with Crippen LogP contribution in [0.2, 0.25) is 0 Å². The van der Waals surface area contributed by atoms with E-state index in [-0.39, 0.29) is 41.2 Å². The predicted octanol–water partition coefficient (Wildman–Crippen LogP) is 3.84. The maximum absolute atomic E-state index is 13.8. The fraction of sp³-hybridized carbons (Fsp3) is 0.769. The summed E-state index contributed by atoms with van der Waals surface area (Å²) in [5.74, 6) is 0.239. The van der Waals surface area contributed by atoms with Gasteiger partial charge in [-0.05, 0) is 48.6 Å². The van der Waals surface area contributed by atoms with Gasteiger partial charge in [0.15, 0.2) is 0 Å². The van der Waals surface area contributed by atoms with E-state index in [2.05, 4.69) is 27.7 Å². The molecule has 2 bridgehead atoms. The summed E-state index contributed by atoms with van der Waals surface area (Å²) in [6, 6.07) is 3.93. The van der Waals surface area contributed by atoms with Crippen LogP contribution in [0.1, 0.15) is 72.4 Å². The van der Waals surface area contributed by atoms with E-state index < -0.39 is 15.4 Å². The maximum atomic E-state index is 13.8. The zero-order chi connectivity index (χ0) is 25.3. The topological polar surface area (TPSA) is 79.7 Å². The molecule has 7 nitrogen and oxygen atoms in total. The third-order valence-corrected chi connectivity index (χ3v) is 10.3. The average Bonchev–Trinajstić information content (AvgIpc) is 3.30. The predicted molar refractivity (Wildman–Crippen MR) is 134 cm³/mol. The quantitative estimate of drug-likeness (QED) is 0.443. The molecule has 1 heterocycles. The molecule has 2 unspecified atom stereocenters. The second-order valence-electron chi connectivity index (χ2n) is 11.4. The first-order valence-corrected chi connectivity index (χ1v) is 14.3. The van der Waals surface area contributed by atoms with E-state index in [1.807, 2.05) is 36.9 Å². The van der Waals surface area contributed by atoms with Crippen LogP contribution in [0.25, 0.3) is 0 Å². The van der Waals surface area contributed by atoms with Crippen molar-refractivity contribution in [1.82, 2.24) is 13.8 Å². The normalized spacial score (nSPS) is 23.9. The van der Waals surface area contributed by atoms with Crippen LogP contribution in [0.3, 0.4) is 0 Å². The number of hydrogen-bond acceptors (Lipinski definition) is 4. The molecule has 1 amide bonds. The number of carbonyl (C=O) groups is 2. The second kappa shape index (κ2) is 10.1. The lowest BCUT2D eigenvalue weighted by Crippen LogP contribution is -2.49. The molecule has 2 saturated carbocycles. The Balaban J connectivity index is 1.83. The van der Waals surface area contributed by atoms with Crippen molar-refractivity contribution in [2.75, 3.05) is 25.4 Å². The average molecular weight is 494 g/mol. The van der Waals surface area contributed by atoms with E-state index in [0.717, 1.165) is 18.5 Å². The van der Waals surface area contributed by atoms with Crippen LogP contribution >= 0.6 is 0 Å². The van der Waals surface area contributed by atoms with Gasteiger partial charge < -0.3 is 9.47 Å². The van der Waals surface area contributed by atoms with Gasteiger partial charge >= 0.3 is 0 Å². The Morgan fingerprint density at radius 3 is 2.50 bits per heavy atom. The second-order valence-corrected chi connectivity index (χ2v) is 13.4. The van der Waals surface area contributed by atoms with Gasteiger partial charge in [0.1, 0.15) is 5.78 Å². The smallest absolute Gasteiger partial charge is 0.238 e. The monoisotopic (exact) mass is 493 g/mol. The van der Waals surface area contributed by atoms with Gasteiger partial charge in [-0.1, -0.05) is 41.0 Å². The van der Waals surface area contributed by atoms with Crippen LogP contribution in [0.5, 0.6) is 0 Å². The molecule has 0 aromatic carbocycles. The summed E-state index contributed by atoms with van der Waals surface area (Å²) in [4.78, 5) is 28.2. The fourth-order valence-corrected chi connectivity index (χ4v) is 8.16. The van der Waals surface area contributed by atoms with Gasteiger partial charge in [0.25, 0.3) is 0 Å². The summed E-state index contributed by atoms with van der Waals surface area (Å²) >= 11 is 0. The largest absolute Gasteiger partial charge is 0.353 e. The number of rotatable bonds is 12. The summed E-state index contributed by atoms with van der Waals surface area (Å²) in [5, 5.41) is 0. The molecule has 8 heteroatoms. The molecule has 2 aliphatic carbocycles. The maximum Gasteiger partial charge on any atom is 0.238 e. The van der Waals surface area contributed by atoms with Crippen molar-refractivity contribution in [1.29, 1.82) is 0 Å². The molecule has 2 fully saturated rings. The highest BCUT2D eigenvalue weighted by atomic mass is 32.2. The molecule has 192 valence electrons. The Morgan fingerprint density at radius 1 is 1.29 bits per heavy atom. The number of fused-ring (bicyclic) bond motifs is 2. The highest BCUT2D eigenvalue weighted by molar-refractivity contribution is 7.89. The number of amides is 1. The Kier molecular flexibility index (Phi) is 8.03. The van der Waals surface area contributed by atoms with Gasteiger partial charge in [-0.3, -0.25) is 9.59 Å². The molecular formula is C26H43N3O4S. The lowest BCUT2D eigenvalue weighted by molar-refractivity contribution is -0.132. The van der Waals surface area contributed by atoms with Crippen LogP contribution < -0.4 is 0 Å². The Bertz CT molecular complexity index is 997. The third kappa shape index (κ3) is 5.13. The van der Waals surface area contributed by atoms with Crippen molar-refractivity contribution >= 4 is 21.7 Å². The molecule has 1 aromatic heterocycles. The highest BCUT2D eigenvalue weighted by Crippen LogP contribution is 2.64. The zero-order valence-corrected chi connectivity index (χ0v) is 22.7. The first-order chi connectivity index (χ1) is 15.8. The number of Topliss-reactive ketones (excluding diaryl/α,β-unsaturated/α-hetero) is 1. The lowest BCUT2D eigenvalue weighted by Gasteiger charge is -2.38. The third-order valence-electron chi connectivity index (χ3n) is 8.38. The molecule has 0 spiro atoms. The van der Waals surface area contributed by atoms with Crippen LogP contribution in [0.15, 0.2) is 18.3 Å². The number of carbonyl (C=O) groups excluding carboxylic acids is 2. The molecule has 2 atom stereocenters. The minimum Gasteiger partial charge on any atom is -0.353 e. The van der Waals surface area contributed by atoms with Gasteiger partial charge in [0.05, 0.1) is 18.8 Å². The minimum absolute atomic E-state index is 0.0873.